The number of nitrogens with one attached hydrogen (secondary N) is 2. The van der Waals surface area contributed by atoms with E-state index in [-0.39, 0.29) is 18.1 Å². The lowest BCUT2D eigenvalue weighted by atomic mass is 10.1. The van der Waals surface area contributed by atoms with Gasteiger partial charge in [-0.3, -0.25) is 4.79 Å². The van der Waals surface area contributed by atoms with Gasteiger partial charge in [0.25, 0.3) is 5.91 Å². The second-order valence-electron chi connectivity index (χ2n) is 4.39. The first-order valence-corrected chi connectivity index (χ1v) is 6.15. The van der Waals surface area contributed by atoms with Crippen LogP contribution in [0, 0.1) is 0 Å². The third-order valence-corrected chi connectivity index (χ3v) is 3.15. The molecule has 0 aliphatic heterocycles. The van der Waals surface area contributed by atoms with Crippen molar-refractivity contribution in [1.29, 1.82) is 0 Å². The Morgan fingerprint density at radius 1 is 1.28 bits per heavy atom. The van der Waals surface area contributed by atoms with Gasteiger partial charge < -0.3 is 15.4 Å². The van der Waals surface area contributed by atoms with E-state index >= 15 is 0 Å². The molecule has 0 bridgehead atoms. The number of carbonyl (C=O) groups excluding carboxylic acids is 1. The monoisotopic (exact) mass is 250 g/mol. The smallest absolute Gasteiger partial charge is 0.251 e. The van der Waals surface area contributed by atoms with Gasteiger partial charge >= 0.3 is 0 Å². The van der Waals surface area contributed by atoms with Crippen molar-refractivity contribution in [2.24, 2.45) is 0 Å². The summed E-state index contributed by atoms with van der Waals surface area (Å²) < 4.78 is 5.25. The summed E-state index contributed by atoms with van der Waals surface area (Å²) in [6.07, 6.45) is 0.176. The fourth-order valence-corrected chi connectivity index (χ4v) is 1.57. The Kier molecular flexibility index (Phi) is 5.82. The number of rotatable bonds is 6. The van der Waals surface area contributed by atoms with E-state index in [1.165, 1.54) is 0 Å². The largest absolute Gasteiger partial charge is 0.380 e. The van der Waals surface area contributed by atoms with Crippen molar-refractivity contribution >= 4 is 5.91 Å². The van der Waals surface area contributed by atoms with E-state index in [1.54, 1.807) is 14.2 Å². The first kappa shape index (κ1) is 14.7. The molecule has 0 fully saturated rings. The molecule has 4 nitrogen and oxygen atoms in total. The summed E-state index contributed by atoms with van der Waals surface area (Å²) in [5.41, 5.74) is 1.83. The molecule has 0 aliphatic carbocycles. The lowest BCUT2D eigenvalue weighted by Gasteiger charge is -2.19. The van der Waals surface area contributed by atoms with Crippen LogP contribution in [0.15, 0.2) is 24.3 Å². The summed E-state index contributed by atoms with van der Waals surface area (Å²) in [6.45, 7) is 4.89. The van der Waals surface area contributed by atoms with E-state index in [9.17, 15) is 4.79 Å². The van der Waals surface area contributed by atoms with Gasteiger partial charge in [-0.15, -0.1) is 0 Å². The Balaban J connectivity index is 2.51. The van der Waals surface area contributed by atoms with E-state index in [2.05, 4.69) is 17.6 Å². The predicted octanol–water partition coefficient (Wildman–Crippen LogP) is 1.56. The van der Waals surface area contributed by atoms with Gasteiger partial charge in [0.2, 0.25) is 0 Å². The lowest BCUT2D eigenvalue weighted by Crippen LogP contribution is -2.36. The fraction of sp³-hybridized carbons (Fsp3) is 0.500. The Labute approximate surface area is 109 Å². The first-order chi connectivity index (χ1) is 8.58. The third kappa shape index (κ3) is 4.13. The van der Waals surface area contributed by atoms with E-state index < -0.39 is 0 Å². The van der Waals surface area contributed by atoms with Crippen molar-refractivity contribution in [3.05, 3.63) is 35.4 Å². The van der Waals surface area contributed by atoms with Gasteiger partial charge in [-0.1, -0.05) is 12.1 Å². The molecule has 0 spiro atoms. The Bertz CT molecular complexity index is 376. The molecule has 1 aromatic carbocycles. The molecule has 18 heavy (non-hydrogen) atoms. The van der Waals surface area contributed by atoms with Crippen LogP contribution in [-0.2, 0) is 11.3 Å². The molecule has 1 aromatic rings. The molecule has 2 unspecified atom stereocenters. The van der Waals surface area contributed by atoms with E-state index in [0.29, 0.717) is 5.56 Å². The summed E-state index contributed by atoms with van der Waals surface area (Å²) in [5, 5.41) is 5.99. The molecule has 0 aromatic heterocycles. The predicted molar refractivity (Wildman–Crippen MR) is 72.6 cm³/mol. The normalized spacial score (nSPS) is 14.0. The van der Waals surface area contributed by atoms with Gasteiger partial charge in [-0.05, 0) is 31.5 Å². The quantitative estimate of drug-likeness (QED) is 0.805. The minimum Gasteiger partial charge on any atom is -0.380 e. The molecule has 1 amide bonds. The minimum atomic E-state index is -0.0594. The molecule has 4 heteroatoms. The molecule has 100 valence electrons. The maximum absolute atomic E-state index is 11.4. The number of amides is 1. The van der Waals surface area contributed by atoms with E-state index in [1.807, 2.05) is 31.2 Å². The summed E-state index contributed by atoms with van der Waals surface area (Å²) in [7, 11) is 3.34. The van der Waals surface area contributed by atoms with Gasteiger partial charge in [-0.2, -0.15) is 0 Å². The van der Waals surface area contributed by atoms with Crippen molar-refractivity contribution in [2.75, 3.05) is 14.2 Å². The first-order valence-electron chi connectivity index (χ1n) is 6.15. The molecular formula is C14H22N2O2. The van der Waals surface area contributed by atoms with Crippen LogP contribution in [0.4, 0.5) is 0 Å². The third-order valence-electron chi connectivity index (χ3n) is 3.15. The highest BCUT2D eigenvalue weighted by Gasteiger charge is 2.10. The van der Waals surface area contributed by atoms with Crippen LogP contribution in [0.3, 0.4) is 0 Å². The maximum Gasteiger partial charge on any atom is 0.251 e. The zero-order valence-corrected chi connectivity index (χ0v) is 11.5. The van der Waals surface area contributed by atoms with Crippen LogP contribution in [-0.4, -0.2) is 32.2 Å². The Hall–Kier alpha value is -1.39. The summed E-state index contributed by atoms with van der Waals surface area (Å²) >= 11 is 0. The molecular weight excluding hydrogens is 228 g/mol. The molecule has 0 radical (unpaired) electrons. The van der Waals surface area contributed by atoms with E-state index in [4.69, 9.17) is 4.74 Å². The van der Waals surface area contributed by atoms with Crippen LogP contribution in [0.25, 0.3) is 0 Å². The molecule has 0 saturated heterocycles. The van der Waals surface area contributed by atoms with Gasteiger partial charge in [0, 0.05) is 32.3 Å². The number of carbonyl (C=O) groups is 1. The zero-order chi connectivity index (χ0) is 13.5. The molecule has 1 rings (SSSR count). The Morgan fingerprint density at radius 2 is 1.89 bits per heavy atom. The van der Waals surface area contributed by atoms with Gasteiger partial charge in [-0.25, -0.2) is 0 Å². The van der Waals surface area contributed by atoms with Crippen LogP contribution in [0.5, 0.6) is 0 Å². The maximum atomic E-state index is 11.4. The zero-order valence-electron chi connectivity index (χ0n) is 11.5. The number of ether oxygens (including phenoxy) is 1. The highest BCUT2D eigenvalue weighted by Crippen LogP contribution is 2.05. The molecule has 0 heterocycles. The second-order valence-corrected chi connectivity index (χ2v) is 4.39. The van der Waals surface area contributed by atoms with Crippen molar-refractivity contribution in [1.82, 2.24) is 10.6 Å². The summed E-state index contributed by atoms with van der Waals surface area (Å²) in [5.74, 6) is -0.0594. The SMILES string of the molecule is CNC(=O)c1ccc(CNC(C)C(C)OC)cc1. The van der Waals surface area contributed by atoms with Gasteiger partial charge in [0.05, 0.1) is 6.10 Å². The van der Waals surface area contributed by atoms with Crippen LogP contribution in [0.2, 0.25) is 0 Å². The number of methoxy groups -OCH3 is 1. The summed E-state index contributed by atoms with van der Waals surface area (Å²) in [4.78, 5) is 11.4. The highest BCUT2D eigenvalue weighted by atomic mass is 16.5. The minimum absolute atomic E-state index is 0.0594. The fourth-order valence-electron chi connectivity index (χ4n) is 1.57. The van der Waals surface area contributed by atoms with Crippen molar-refractivity contribution in [3.8, 4) is 0 Å². The highest BCUT2D eigenvalue weighted by molar-refractivity contribution is 5.93. The van der Waals surface area contributed by atoms with Gasteiger partial charge in [0.15, 0.2) is 0 Å². The molecule has 2 atom stereocenters. The standard InChI is InChI=1S/C14H22N2O2/c1-10(11(2)18-4)16-9-12-5-7-13(8-6-12)14(17)15-3/h5-8,10-11,16H,9H2,1-4H3,(H,15,17). The van der Waals surface area contributed by atoms with Crippen molar-refractivity contribution < 1.29 is 9.53 Å². The average molecular weight is 250 g/mol. The average Bonchev–Trinajstić information content (AvgIpc) is 2.43. The molecule has 2 N–H and O–H groups in total. The van der Waals surface area contributed by atoms with Gasteiger partial charge in [0.1, 0.15) is 0 Å². The van der Waals surface area contributed by atoms with Crippen molar-refractivity contribution in [3.63, 3.8) is 0 Å². The lowest BCUT2D eigenvalue weighted by molar-refractivity contribution is 0.0882. The molecule has 0 saturated carbocycles. The van der Waals surface area contributed by atoms with Crippen molar-refractivity contribution in [2.45, 2.75) is 32.5 Å². The number of hydrogen-bond donors (Lipinski definition) is 2. The second kappa shape index (κ2) is 7.13. The van der Waals surface area contributed by atoms with Crippen LogP contribution >= 0.6 is 0 Å². The summed E-state index contributed by atoms with van der Waals surface area (Å²) in [6, 6.07) is 7.87. The number of hydrogen-bond acceptors (Lipinski definition) is 3. The van der Waals surface area contributed by atoms with Crippen LogP contribution in [0.1, 0.15) is 29.8 Å². The number of benzene rings is 1. The van der Waals surface area contributed by atoms with Crippen LogP contribution < -0.4 is 10.6 Å². The van der Waals surface area contributed by atoms with E-state index in [0.717, 1.165) is 12.1 Å². The topological polar surface area (TPSA) is 50.4 Å². The Morgan fingerprint density at radius 3 is 2.39 bits per heavy atom. The molecule has 0 aliphatic rings.